The highest BCUT2D eigenvalue weighted by molar-refractivity contribution is 6.09. The molecular formula is C15H20N2O. The van der Waals surface area contributed by atoms with E-state index in [9.17, 15) is 4.79 Å². The predicted molar refractivity (Wildman–Crippen MR) is 74.9 cm³/mol. The zero-order valence-electron chi connectivity index (χ0n) is 11.2. The van der Waals surface area contributed by atoms with Gasteiger partial charge in [-0.1, -0.05) is 32.0 Å². The molecule has 2 aromatic rings. The smallest absolute Gasteiger partial charge is 0.169 e. The van der Waals surface area contributed by atoms with Crippen molar-refractivity contribution in [3.63, 3.8) is 0 Å². The standard InChI is InChI=1S/C15H20N2O/c1-10(2)12(8-16-3)15(18)13-9-17-14-7-5-4-6-11(13)14/h4-7,9-10,12,16-17H,8H2,1-3H3. The Kier molecular flexibility index (Phi) is 3.82. The van der Waals surface area contributed by atoms with Crippen molar-refractivity contribution in [2.24, 2.45) is 11.8 Å². The summed E-state index contributed by atoms with van der Waals surface area (Å²) in [5, 5.41) is 4.13. The zero-order valence-corrected chi connectivity index (χ0v) is 11.2. The van der Waals surface area contributed by atoms with Crippen LogP contribution < -0.4 is 5.32 Å². The molecule has 0 aliphatic heterocycles. The van der Waals surface area contributed by atoms with Crippen LogP contribution in [0.25, 0.3) is 10.9 Å². The SMILES string of the molecule is CNCC(C(=O)c1c[nH]c2ccccc12)C(C)C. The van der Waals surface area contributed by atoms with Crippen LogP contribution in [0.2, 0.25) is 0 Å². The van der Waals surface area contributed by atoms with Crippen LogP contribution in [0.1, 0.15) is 24.2 Å². The molecule has 1 aromatic carbocycles. The maximum atomic E-state index is 12.6. The van der Waals surface area contributed by atoms with Gasteiger partial charge in [0, 0.05) is 35.1 Å². The van der Waals surface area contributed by atoms with E-state index >= 15 is 0 Å². The molecule has 0 saturated carbocycles. The number of aromatic amines is 1. The van der Waals surface area contributed by atoms with Crippen molar-refractivity contribution >= 4 is 16.7 Å². The van der Waals surface area contributed by atoms with Crippen LogP contribution in [-0.4, -0.2) is 24.4 Å². The van der Waals surface area contributed by atoms with Crippen LogP contribution in [0.3, 0.4) is 0 Å². The number of benzene rings is 1. The minimum atomic E-state index is 0.0224. The van der Waals surface area contributed by atoms with E-state index in [4.69, 9.17) is 0 Å². The van der Waals surface area contributed by atoms with Gasteiger partial charge in [0.05, 0.1) is 0 Å². The first-order chi connectivity index (χ1) is 8.65. The van der Waals surface area contributed by atoms with E-state index in [1.165, 1.54) is 0 Å². The molecule has 0 spiro atoms. The molecule has 2 rings (SSSR count). The monoisotopic (exact) mass is 244 g/mol. The summed E-state index contributed by atoms with van der Waals surface area (Å²) in [5.41, 5.74) is 1.83. The van der Waals surface area contributed by atoms with Crippen molar-refractivity contribution in [2.75, 3.05) is 13.6 Å². The van der Waals surface area contributed by atoms with Gasteiger partial charge in [-0.2, -0.15) is 0 Å². The van der Waals surface area contributed by atoms with E-state index in [2.05, 4.69) is 24.1 Å². The topological polar surface area (TPSA) is 44.9 Å². The van der Waals surface area contributed by atoms with E-state index in [0.29, 0.717) is 5.92 Å². The molecule has 18 heavy (non-hydrogen) atoms. The van der Waals surface area contributed by atoms with Gasteiger partial charge in [0.1, 0.15) is 0 Å². The number of rotatable bonds is 5. The molecule has 0 fully saturated rings. The van der Waals surface area contributed by atoms with Crippen molar-refractivity contribution in [3.05, 3.63) is 36.0 Å². The first kappa shape index (κ1) is 12.8. The number of nitrogens with one attached hydrogen (secondary N) is 2. The summed E-state index contributed by atoms with van der Waals surface area (Å²) in [7, 11) is 1.89. The Morgan fingerprint density at radius 1 is 1.33 bits per heavy atom. The molecule has 0 aliphatic rings. The maximum absolute atomic E-state index is 12.6. The Bertz CT molecular complexity index is 542. The van der Waals surface area contributed by atoms with Crippen molar-refractivity contribution in [1.29, 1.82) is 0 Å². The van der Waals surface area contributed by atoms with Gasteiger partial charge in [0.15, 0.2) is 5.78 Å². The summed E-state index contributed by atoms with van der Waals surface area (Å²) in [6.07, 6.45) is 1.83. The number of fused-ring (bicyclic) bond motifs is 1. The molecule has 96 valence electrons. The molecule has 0 aliphatic carbocycles. The number of Topliss-reactive ketones (excluding diaryl/α,β-unsaturated/α-hetero) is 1. The van der Waals surface area contributed by atoms with Gasteiger partial charge in [-0.05, 0) is 19.0 Å². The van der Waals surface area contributed by atoms with Gasteiger partial charge in [-0.15, -0.1) is 0 Å². The summed E-state index contributed by atoms with van der Waals surface area (Å²) in [6, 6.07) is 7.93. The zero-order chi connectivity index (χ0) is 13.1. The van der Waals surface area contributed by atoms with Gasteiger partial charge < -0.3 is 10.3 Å². The number of ketones is 1. The van der Waals surface area contributed by atoms with Crippen LogP contribution in [-0.2, 0) is 0 Å². The molecular weight excluding hydrogens is 224 g/mol. The predicted octanol–water partition coefficient (Wildman–Crippen LogP) is 2.84. The fraction of sp³-hybridized carbons (Fsp3) is 0.400. The molecule has 1 unspecified atom stereocenters. The van der Waals surface area contributed by atoms with E-state index in [1.807, 2.05) is 37.5 Å². The van der Waals surface area contributed by atoms with Crippen LogP contribution in [0.15, 0.2) is 30.5 Å². The molecule has 3 heteroatoms. The highest BCUT2D eigenvalue weighted by Gasteiger charge is 2.24. The van der Waals surface area contributed by atoms with E-state index in [-0.39, 0.29) is 11.7 Å². The number of aromatic nitrogens is 1. The second-order valence-electron chi connectivity index (χ2n) is 5.02. The van der Waals surface area contributed by atoms with Crippen molar-refractivity contribution in [2.45, 2.75) is 13.8 Å². The Hall–Kier alpha value is -1.61. The third-order valence-electron chi connectivity index (χ3n) is 3.42. The van der Waals surface area contributed by atoms with Gasteiger partial charge in [0.2, 0.25) is 0 Å². The van der Waals surface area contributed by atoms with Gasteiger partial charge in [-0.3, -0.25) is 4.79 Å². The largest absolute Gasteiger partial charge is 0.360 e. The summed E-state index contributed by atoms with van der Waals surface area (Å²) in [4.78, 5) is 15.8. The highest BCUT2D eigenvalue weighted by Crippen LogP contribution is 2.23. The van der Waals surface area contributed by atoms with E-state index in [1.54, 1.807) is 0 Å². The molecule has 0 radical (unpaired) electrons. The Morgan fingerprint density at radius 2 is 2.06 bits per heavy atom. The van der Waals surface area contributed by atoms with Crippen LogP contribution in [0, 0.1) is 11.8 Å². The normalized spacial score (nSPS) is 13.1. The lowest BCUT2D eigenvalue weighted by atomic mass is 9.88. The minimum Gasteiger partial charge on any atom is -0.360 e. The highest BCUT2D eigenvalue weighted by atomic mass is 16.1. The first-order valence-corrected chi connectivity index (χ1v) is 6.40. The number of carbonyl (C=O) groups excluding carboxylic acids is 1. The first-order valence-electron chi connectivity index (χ1n) is 6.40. The third-order valence-corrected chi connectivity index (χ3v) is 3.42. The van der Waals surface area contributed by atoms with Crippen LogP contribution >= 0.6 is 0 Å². The summed E-state index contributed by atoms with van der Waals surface area (Å²) < 4.78 is 0. The summed E-state index contributed by atoms with van der Waals surface area (Å²) >= 11 is 0. The number of hydrogen-bond acceptors (Lipinski definition) is 2. The van der Waals surface area contributed by atoms with Crippen molar-refractivity contribution < 1.29 is 4.79 Å². The van der Waals surface area contributed by atoms with Gasteiger partial charge in [-0.25, -0.2) is 0 Å². The van der Waals surface area contributed by atoms with Crippen molar-refractivity contribution in [3.8, 4) is 0 Å². The second-order valence-corrected chi connectivity index (χ2v) is 5.02. The minimum absolute atomic E-state index is 0.0224. The van der Waals surface area contributed by atoms with Crippen molar-refractivity contribution in [1.82, 2.24) is 10.3 Å². The lowest BCUT2D eigenvalue weighted by Crippen LogP contribution is -2.30. The fourth-order valence-corrected chi connectivity index (χ4v) is 2.33. The number of carbonyl (C=O) groups is 1. The molecule has 2 N–H and O–H groups in total. The lowest BCUT2D eigenvalue weighted by Gasteiger charge is -2.18. The Labute approximate surface area is 108 Å². The molecule has 0 amide bonds. The molecule has 0 bridgehead atoms. The van der Waals surface area contributed by atoms with E-state index < -0.39 is 0 Å². The molecule has 3 nitrogen and oxygen atoms in total. The molecule has 0 saturated heterocycles. The third kappa shape index (κ3) is 2.31. The lowest BCUT2D eigenvalue weighted by molar-refractivity contribution is 0.0888. The van der Waals surface area contributed by atoms with Gasteiger partial charge >= 0.3 is 0 Å². The van der Waals surface area contributed by atoms with Crippen LogP contribution in [0.4, 0.5) is 0 Å². The quantitative estimate of drug-likeness (QED) is 0.794. The van der Waals surface area contributed by atoms with Crippen LogP contribution in [0.5, 0.6) is 0 Å². The summed E-state index contributed by atoms with van der Waals surface area (Å²) in [5.74, 6) is 0.574. The molecule has 1 aromatic heterocycles. The number of para-hydroxylation sites is 1. The second kappa shape index (κ2) is 5.36. The Balaban J connectivity index is 2.38. The average molecular weight is 244 g/mol. The number of hydrogen-bond donors (Lipinski definition) is 2. The van der Waals surface area contributed by atoms with E-state index in [0.717, 1.165) is 23.0 Å². The average Bonchev–Trinajstić information content (AvgIpc) is 2.78. The number of H-pyrrole nitrogens is 1. The Morgan fingerprint density at radius 3 is 2.72 bits per heavy atom. The fourth-order valence-electron chi connectivity index (χ4n) is 2.33. The molecule has 1 heterocycles. The summed E-state index contributed by atoms with van der Waals surface area (Å²) in [6.45, 7) is 4.90. The molecule has 1 atom stereocenters. The van der Waals surface area contributed by atoms with Gasteiger partial charge in [0.25, 0.3) is 0 Å². The maximum Gasteiger partial charge on any atom is 0.169 e.